The highest BCUT2D eigenvalue weighted by atomic mass is 16.5. The third kappa shape index (κ3) is 3.58. The van der Waals surface area contributed by atoms with E-state index in [1.54, 1.807) is 7.11 Å². The molecule has 2 aromatic heterocycles. The van der Waals surface area contributed by atoms with Gasteiger partial charge in [0.15, 0.2) is 0 Å². The van der Waals surface area contributed by atoms with Gasteiger partial charge in [-0.15, -0.1) is 0 Å². The standard InChI is InChI=1S/C16H25N3O/c1-3-14(17)11-13-12-19(9-4-5-10-20-2)16-15(13)7-6-8-18-16/h6-8,12,14H,3-5,9-11,17H2,1-2H3. The summed E-state index contributed by atoms with van der Waals surface area (Å²) < 4.78 is 7.35. The Hall–Kier alpha value is -1.39. The Bertz CT molecular complexity index is 536. The van der Waals surface area contributed by atoms with Gasteiger partial charge < -0.3 is 15.0 Å². The summed E-state index contributed by atoms with van der Waals surface area (Å²) in [4.78, 5) is 4.52. The van der Waals surface area contributed by atoms with Crippen molar-refractivity contribution < 1.29 is 4.74 Å². The van der Waals surface area contributed by atoms with Gasteiger partial charge in [-0.2, -0.15) is 0 Å². The maximum absolute atomic E-state index is 6.10. The van der Waals surface area contributed by atoms with E-state index in [0.29, 0.717) is 0 Å². The number of aryl methyl sites for hydroxylation is 1. The molecule has 1 atom stereocenters. The van der Waals surface area contributed by atoms with Crippen molar-refractivity contribution in [2.24, 2.45) is 5.73 Å². The molecule has 0 amide bonds. The predicted molar refractivity (Wildman–Crippen MR) is 82.8 cm³/mol. The number of rotatable bonds is 8. The van der Waals surface area contributed by atoms with Gasteiger partial charge >= 0.3 is 0 Å². The number of nitrogens with zero attached hydrogens (tertiary/aromatic N) is 2. The van der Waals surface area contributed by atoms with Crippen molar-refractivity contribution in [3.05, 3.63) is 30.1 Å². The molecule has 0 bridgehead atoms. The molecular weight excluding hydrogens is 250 g/mol. The van der Waals surface area contributed by atoms with Gasteiger partial charge in [-0.3, -0.25) is 0 Å². The molecule has 2 heterocycles. The number of fused-ring (bicyclic) bond motifs is 1. The molecule has 2 aromatic rings. The Balaban J connectivity index is 2.17. The molecule has 0 aliphatic carbocycles. The summed E-state index contributed by atoms with van der Waals surface area (Å²) >= 11 is 0. The number of methoxy groups -OCH3 is 1. The van der Waals surface area contributed by atoms with Crippen LogP contribution in [-0.2, 0) is 17.7 Å². The van der Waals surface area contributed by atoms with Crippen molar-refractivity contribution in [1.29, 1.82) is 0 Å². The predicted octanol–water partition coefficient (Wildman–Crippen LogP) is 2.74. The second kappa shape index (κ2) is 7.41. The van der Waals surface area contributed by atoms with Crippen LogP contribution in [0.3, 0.4) is 0 Å². The topological polar surface area (TPSA) is 53.1 Å². The van der Waals surface area contributed by atoms with Crippen LogP contribution in [0.4, 0.5) is 0 Å². The quantitative estimate of drug-likeness (QED) is 0.754. The van der Waals surface area contributed by atoms with Crippen LogP contribution in [0, 0.1) is 0 Å². The maximum Gasteiger partial charge on any atom is 0.140 e. The van der Waals surface area contributed by atoms with E-state index in [0.717, 1.165) is 44.5 Å². The summed E-state index contributed by atoms with van der Waals surface area (Å²) in [5.74, 6) is 0. The zero-order chi connectivity index (χ0) is 14.4. The summed E-state index contributed by atoms with van der Waals surface area (Å²) in [6.45, 7) is 3.94. The average Bonchev–Trinajstić information content (AvgIpc) is 2.82. The van der Waals surface area contributed by atoms with E-state index in [1.165, 1.54) is 10.9 Å². The van der Waals surface area contributed by atoms with Gasteiger partial charge in [0.2, 0.25) is 0 Å². The smallest absolute Gasteiger partial charge is 0.140 e. The summed E-state index contributed by atoms with van der Waals surface area (Å²) in [7, 11) is 1.75. The molecule has 0 aliphatic heterocycles. The van der Waals surface area contributed by atoms with E-state index in [1.807, 2.05) is 12.3 Å². The maximum atomic E-state index is 6.10. The van der Waals surface area contributed by atoms with Gasteiger partial charge in [0.25, 0.3) is 0 Å². The lowest BCUT2D eigenvalue weighted by molar-refractivity contribution is 0.191. The highest BCUT2D eigenvalue weighted by Crippen LogP contribution is 2.21. The molecule has 1 unspecified atom stereocenters. The minimum Gasteiger partial charge on any atom is -0.385 e. The Kier molecular flexibility index (Phi) is 5.56. The van der Waals surface area contributed by atoms with E-state index >= 15 is 0 Å². The first-order valence-electron chi connectivity index (χ1n) is 7.43. The molecule has 2 rings (SSSR count). The van der Waals surface area contributed by atoms with Crippen molar-refractivity contribution in [2.75, 3.05) is 13.7 Å². The Labute approximate surface area is 120 Å². The molecule has 0 aliphatic rings. The normalized spacial score (nSPS) is 12.9. The summed E-state index contributed by atoms with van der Waals surface area (Å²) in [5.41, 5.74) is 8.49. The van der Waals surface area contributed by atoms with Crippen LogP contribution in [-0.4, -0.2) is 29.3 Å². The molecule has 20 heavy (non-hydrogen) atoms. The third-order valence-electron chi connectivity index (χ3n) is 3.72. The third-order valence-corrected chi connectivity index (χ3v) is 3.72. The fourth-order valence-electron chi connectivity index (χ4n) is 2.48. The Morgan fingerprint density at radius 2 is 2.25 bits per heavy atom. The second-order valence-electron chi connectivity index (χ2n) is 5.29. The van der Waals surface area contributed by atoms with Crippen molar-refractivity contribution in [1.82, 2.24) is 9.55 Å². The molecule has 0 radical (unpaired) electrons. The highest BCUT2D eigenvalue weighted by molar-refractivity contribution is 5.80. The van der Waals surface area contributed by atoms with Gasteiger partial charge in [0, 0.05) is 44.1 Å². The van der Waals surface area contributed by atoms with Crippen LogP contribution in [0.1, 0.15) is 31.7 Å². The molecule has 0 aromatic carbocycles. The number of aromatic nitrogens is 2. The minimum atomic E-state index is 0.225. The summed E-state index contributed by atoms with van der Waals surface area (Å²) in [5, 5.41) is 1.24. The van der Waals surface area contributed by atoms with Crippen molar-refractivity contribution in [3.8, 4) is 0 Å². The van der Waals surface area contributed by atoms with E-state index in [4.69, 9.17) is 10.5 Å². The molecule has 110 valence electrons. The van der Waals surface area contributed by atoms with Crippen molar-refractivity contribution in [3.63, 3.8) is 0 Å². The minimum absolute atomic E-state index is 0.225. The summed E-state index contributed by atoms with van der Waals surface area (Å²) in [6.07, 6.45) is 8.18. The first-order chi connectivity index (χ1) is 9.76. The number of ether oxygens (including phenoxy) is 1. The lowest BCUT2D eigenvalue weighted by atomic mass is 10.1. The SMILES string of the molecule is CCC(N)Cc1cn(CCCCOC)c2ncccc12. The number of pyridine rings is 1. The van der Waals surface area contributed by atoms with Gasteiger partial charge in [-0.25, -0.2) is 4.98 Å². The zero-order valence-corrected chi connectivity index (χ0v) is 12.5. The van der Waals surface area contributed by atoms with Crippen molar-refractivity contribution in [2.45, 2.75) is 45.2 Å². The Morgan fingerprint density at radius 3 is 3.00 bits per heavy atom. The molecular formula is C16H25N3O. The van der Waals surface area contributed by atoms with E-state index in [-0.39, 0.29) is 6.04 Å². The molecule has 2 N–H and O–H groups in total. The molecule has 0 fully saturated rings. The Morgan fingerprint density at radius 1 is 1.40 bits per heavy atom. The second-order valence-corrected chi connectivity index (χ2v) is 5.29. The van der Waals surface area contributed by atoms with Gasteiger partial charge in [-0.05, 0) is 43.4 Å². The van der Waals surface area contributed by atoms with Crippen molar-refractivity contribution >= 4 is 11.0 Å². The molecule has 0 saturated heterocycles. The van der Waals surface area contributed by atoms with Crippen LogP contribution in [0.25, 0.3) is 11.0 Å². The highest BCUT2D eigenvalue weighted by Gasteiger charge is 2.11. The average molecular weight is 275 g/mol. The fourth-order valence-corrected chi connectivity index (χ4v) is 2.48. The number of nitrogens with two attached hydrogens (primary N) is 1. The lowest BCUT2D eigenvalue weighted by Gasteiger charge is -2.06. The van der Waals surface area contributed by atoms with E-state index in [9.17, 15) is 0 Å². The molecule has 4 nitrogen and oxygen atoms in total. The number of unbranched alkanes of at least 4 members (excludes halogenated alkanes) is 1. The monoisotopic (exact) mass is 275 g/mol. The fraction of sp³-hybridized carbons (Fsp3) is 0.562. The molecule has 0 saturated carbocycles. The van der Waals surface area contributed by atoms with Gasteiger partial charge in [0.1, 0.15) is 5.65 Å². The first-order valence-corrected chi connectivity index (χ1v) is 7.43. The molecule has 4 heteroatoms. The molecule has 0 spiro atoms. The van der Waals surface area contributed by atoms with Crippen LogP contribution in [0.2, 0.25) is 0 Å². The van der Waals surface area contributed by atoms with Gasteiger partial charge in [0.05, 0.1) is 0 Å². The first kappa shape index (κ1) is 15.0. The van der Waals surface area contributed by atoms with Crippen LogP contribution in [0.15, 0.2) is 24.5 Å². The van der Waals surface area contributed by atoms with E-state index < -0.39 is 0 Å². The largest absolute Gasteiger partial charge is 0.385 e. The van der Waals surface area contributed by atoms with Crippen LogP contribution >= 0.6 is 0 Å². The van der Waals surface area contributed by atoms with Crippen LogP contribution in [0.5, 0.6) is 0 Å². The summed E-state index contributed by atoms with van der Waals surface area (Å²) in [6, 6.07) is 4.37. The van der Waals surface area contributed by atoms with E-state index in [2.05, 4.69) is 28.7 Å². The van der Waals surface area contributed by atoms with Crippen LogP contribution < -0.4 is 5.73 Å². The van der Waals surface area contributed by atoms with Gasteiger partial charge in [-0.1, -0.05) is 6.92 Å². The number of hydrogen-bond donors (Lipinski definition) is 1. The number of hydrogen-bond acceptors (Lipinski definition) is 3. The lowest BCUT2D eigenvalue weighted by Crippen LogP contribution is -2.21. The zero-order valence-electron chi connectivity index (χ0n) is 12.5.